The Morgan fingerprint density at radius 2 is 1.48 bits per heavy atom. The Bertz CT molecular complexity index is 949. The molecule has 148 valence electrons. The number of para-hydroxylation sites is 2. The van der Waals surface area contributed by atoms with Crippen molar-refractivity contribution in [3.05, 3.63) is 84.4 Å². The molecule has 1 fully saturated rings. The first-order valence-electron chi connectivity index (χ1n) is 9.86. The van der Waals surface area contributed by atoms with Crippen LogP contribution in [0.1, 0.15) is 10.4 Å². The molecule has 0 aliphatic carbocycles. The van der Waals surface area contributed by atoms with Gasteiger partial charge >= 0.3 is 0 Å². The van der Waals surface area contributed by atoms with Crippen LogP contribution in [0.4, 0.5) is 11.4 Å². The van der Waals surface area contributed by atoms with Crippen molar-refractivity contribution in [2.24, 2.45) is 0 Å². The fourth-order valence-corrected chi connectivity index (χ4v) is 3.38. The number of carbonyl (C=O) groups excluding carboxylic acids is 1. The molecular formula is C24H25N3O2. The maximum atomic E-state index is 12.8. The van der Waals surface area contributed by atoms with Gasteiger partial charge in [-0.25, -0.2) is 0 Å². The van der Waals surface area contributed by atoms with Gasteiger partial charge in [-0.15, -0.1) is 0 Å². The van der Waals surface area contributed by atoms with Crippen LogP contribution in [0.25, 0.3) is 0 Å². The van der Waals surface area contributed by atoms with Crippen LogP contribution < -0.4 is 15.0 Å². The molecule has 4 rings (SSSR count). The fourth-order valence-electron chi connectivity index (χ4n) is 3.38. The van der Waals surface area contributed by atoms with E-state index >= 15 is 0 Å². The fraction of sp³-hybridized carbons (Fsp3) is 0.208. The maximum Gasteiger partial charge on any atom is 0.259 e. The smallest absolute Gasteiger partial charge is 0.259 e. The minimum absolute atomic E-state index is 0.191. The first-order valence-corrected chi connectivity index (χ1v) is 9.86. The van der Waals surface area contributed by atoms with Crippen molar-refractivity contribution >= 4 is 17.3 Å². The summed E-state index contributed by atoms with van der Waals surface area (Å²) in [6.07, 6.45) is 0. The van der Waals surface area contributed by atoms with Crippen molar-refractivity contribution in [1.29, 1.82) is 0 Å². The lowest BCUT2D eigenvalue weighted by Gasteiger charge is -2.34. The minimum Gasteiger partial charge on any atom is -0.457 e. The third-order valence-corrected chi connectivity index (χ3v) is 5.10. The maximum absolute atomic E-state index is 12.8. The number of benzene rings is 3. The standard InChI is InChI=1S/C24H25N3O2/c1-26-15-17-27(18-16-26)20-13-11-19(12-14-20)25-24(28)22-9-5-6-10-23(22)29-21-7-3-2-4-8-21/h2-14H,15-18H2,1H3,(H,25,28). The molecule has 0 saturated carbocycles. The van der Waals surface area contributed by atoms with E-state index in [9.17, 15) is 4.79 Å². The molecule has 5 nitrogen and oxygen atoms in total. The van der Waals surface area contributed by atoms with E-state index in [0.717, 1.165) is 31.9 Å². The van der Waals surface area contributed by atoms with Gasteiger partial charge in [-0.3, -0.25) is 4.79 Å². The first kappa shape index (κ1) is 19.0. The molecule has 0 radical (unpaired) electrons. The average molecular weight is 387 g/mol. The summed E-state index contributed by atoms with van der Waals surface area (Å²) in [6, 6.07) is 24.8. The van der Waals surface area contributed by atoms with Gasteiger partial charge in [0.05, 0.1) is 5.56 Å². The monoisotopic (exact) mass is 387 g/mol. The summed E-state index contributed by atoms with van der Waals surface area (Å²) >= 11 is 0. The molecule has 1 N–H and O–H groups in total. The highest BCUT2D eigenvalue weighted by Crippen LogP contribution is 2.26. The Balaban J connectivity index is 1.44. The number of nitrogens with zero attached hydrogens (tertiary/aromatic N) is 2. The third kappa shape index (κ3) is 4.76. The number of piperazine rings is 1. The topological polar surface area (TPSA) is 44.8 Å². The van der Waals surface area contributed by atoms with Crippen molar-refractivity contribution in [3.63, 3.8) is 0 Å². The zero-order chi connectivity index (χ0) is 20.1. The number of amides is 1. The van der Waals surface area contributed by atoms with Gasteiger partial charge < -0.3 is 19.9 Å². The van der Waals surface area contributed by atoms with Crippen molar-refractivity contribution in [1.82, 2.24) is 4.90 Å². The molecule has 29 heavy (non-hydrogen) atoms. The summed E-state index contributed by atoms with van der Waals surface area (Å²) < 4.78 is 5.90. The Hall–Kier alpha value is -3.31. The lowest BCUT2D eigenvalue weighted by atomic mass is 10.1. The van der Waals surface area contributed by atoms with E-state index in [0.29, 0.717) is 17.1 Å². The van der Waals surface area contributed by atoms with Gasteiger partial charge in [0.1, 0.15) is 11.5 Å². The van der Waals surface area contributed by atoms with Gasteiger partial charge in [0.25, 0.3) is 5.91 Å². The number of hydrogen-bond acceptors (Lipinski definition) is 4. The molecule has 0 unspecified atom stereocenters. The second-order valence-corrected chi connectivity index (χ2v) is 7.20. The number of anilines is 2. The molecule has 0 atom stereocenters. The van der Waals surface area contributed by atoms with Crippen molar-refractivity contribution < 1.29 is 9.53 Å². The number of nitrogens with one attached hydrogen (secondary N) is 1. The summed E-state index contributed by atoms with van der Waals surface area (Å²) in [4.78, 5) is 17.5. The van der Waals surface area contributed by atoms with Crippen LogP contribution in [0.2, 0.25) is 0 Å². The van der Waals surface area contributed by atoms with E-state index in [4.69, 9.17) is 4.74 Å². The van der Waals surface area contributed by atoms with E-state index in [1.165, 1.54) is 5.69 Å². The number of rotatable bonds is 5. The van der Waals surface area contributed by atoms with Gasteiger partial charge in [-0.2, -0.15) is 0 Å². The third-order valence-electron chi connectivity index (χ3n) is 5.10. The Labute approximate surface area is 171 Å². The summed E-state index contributed by atoms with van der Waals surface area (Å²) in [5, 5.41) is 2.98. The van der Waals surface area contributed by atoms with Crippen LogP contribution in [0.3, 0.4) is 0 Å². The summed E-state index contributed by atoms with van der Waals surface area (Å²) in [7, 11) is 2.15. The molecule has 0 bridgehead atoms. The van der Waals surface area contributed by atoms with E-state index in [2.05, 4.69) is 34.3 Å². The second-order valence-electron chi connectivity index (χ2n) is 7.20. The van der Waals surface area contributed by atoms with E-state index in [1.807, 2.05) is 54.6 Å². The van der Waals surface area contributed by atoms with Crippen molar-refractivity contribution in [2.75, 3.05) is 43.4 Å². The molecule has 0 aromatic heterocycles. The quantitative estimate of drug-likeness (QED) is 0.701. The molecule has 3 aromatic rings. The summed E-state index contributed by atoms with van der Waals surface area (Å²) in [5.41, 5.74) is 2.45. The Kier molecular flexibility index (Phi) is 5.77. The van der Waals surface area contributed by atoms with Crippen LogP contribution in [0.5, 0.6) is 11.5 Å². The van der Waals surface area contributed by atoms with E-state index in [-0.39, 0.29) is 5.91 Å². The van der Waals surface area contributed by atoms with E-state index in [1.54, 1.807) is 12.1 Å². The first-order chi connectivity index (χ1) is 14.2. The lowest BCUT2D eigenvalue weighted by molar-refractivity contribution is 0.102. The highest BCUT2D eigenvalue weighted by molar-refractivity contribution is 6.06. The zero-order valence-electron chi connectivity index (χ0n) is 16.5. The average Bonchev–Trinajstić information content (AvgIpc) is 2.76. The van der Waals surface area contributed by atoms with Crippen molar-refractivity contribution in [3.8, 4) is 11.5 Å². The van der Waals surface area contributed by atoms with Crippen LogP contribution in [0, 0.1) is 0 Å². The molecular weight excluding hydrogens is 362 g/mol. The van der Waals surface area contributed by atoms with Gasteiger partial charge in [0, 0.05) is 37.6 Å². The summed E-state index contributed by atoms with van der Waals surface area (Å²) in [5.74, 6) is 1.04. The normalized spacial score (nSPS) is 14.4. The number of carbonyl (C=O) groups is 1. The Morgan fingerprint density at radius 3 is 2.21 bits per heavy atom. The molecule has 1 aliphatic heterocycles. The van der Waals surface area contributed by atoms with Crippen molar-refractivity contribution in [2.45, 2.75) is 0 Å². The predicted octanol–water partition coefficient (Wildman–Crippen LogP) is 4.48. The summed E-state index contributed by atoms with van der Waals surface area (Å²) in [6.45, 7) is 4.17. The molecule has 1 heterocycles. The molecule has 5 heteroatoms. The van der Waals surface area contributed by atoms with Crippen LogP contribution in [-0.2, 0) is 0 Å². The molecule has 0 spiro atoms. The second kappa shape index (κ2) is 8.80. The highest BCUT2D eigenvalue weighted by atomic mass is 16.5. The Morgan fingerprint density at radius 1 is 0.828 bits per heavy atom. The lowest BCUT2D eigenvalue weighted by Crippen LogP contribution is -2.44. The largest absolute Gasteiger partial charge is 0.457 e. The van der Waals surface area contributed by atoms with Crippen LogP contribution >= 0.6 is 0 Å². The number of likely N-dealkylation sites (N-methyl/N-ethyl adjacent to an activating group) is 1. The molecule has 1 aliphatic rings. The molecule has 1 saturated heterocycles. The van der Waals surface area contributed by atoms with Crippen LogP contribution in [-0.4, -0.2) is 44.0 Å². The SMILES string of the molecule is CN1CCN(c2ccc(NC(=O)c3ccccc3Oc3ccccc3)cc2)CC1. The predicted molar refractivity (Wildman–Crippen MR) is 117 cm³/mol. The molecule has 3 aromatic carbocycles. The number of ether oxygens (including phenoxy) is 1. The minimum atomic E-state index is -0.191. The van der Waals surface area contributed by atoms with E-state index < -0.39 is 0 Å². The van der Waals surface area contributed by atoms with Crippen LogP contribution in [0.15, 0.2) is 78.9 Å². The van der Waals surface area contributed by atoms with Gasteiger partial charge in [-0.1, -0.05) is 30.3 Å². The highest BCUT2D eigenvalue weighted by Gasteiger charge is 2.15. The van der Waals surface area contributed by atoms with Gasteiger partial charge in [0.2, 0.25) is 0 Å². The number of hydrogen-bond donors (Lipinski definition) is 1. The van der Waals surface area contributed by atoms with Gasteiger partial charge in [-0.05, 0) is 55.6 Å². The van der Waals surface area contributed by atoms with Gasteiger partial charge in [0.15, 0.2) is 0 Å². The zero-order valence-corrected chi connectivity index (χ0v) is 16.5. The molecule has 1 amide bonds.